The highest BCUT2D eigenvalue weighted by molar-refractivity contribution is 5.95. The maximum Gasteiger partial charge on any atom is 0.282 e. The molecule has 0 fully saturated rings. The summed E-state index contributed by atoms with van der Waals surface area (Å²) < 4.78 is 7.45. The van der Waals surface area contributed by atoms with Crippen LogP contribution in [0.1, 0.15) is 12.5 Å². The molecular formula is C20H14N2O2. The molecule has 0 saturated carbocycles. The van der Waals surface area contributed by atoms with Gasteiger partial charge in [0.25, 0.3) is 5.95 Å². The van der Waals surface area contributed by atoms with E-state index in [2.05, 4.69) is 47.9 Å². The molecular weight excluding hydrogens is 300 g/mol. The number of nitrogens with zero attached hydrogens (tertiary/aromatic N) is 2. The van der Waals surface area contributed by atoms with Crippen LogP contribution in [-0.2, 0) is 0 Å². The second-order valence-electron chi connectivity index (χ2n) is 6.10. The van der Waals surface area contributed by atoms with E-state index < -0.39 is 0 Å². The molecule has 0 radical (unpaired) electrons. The minimum atomic E-state index is -0.110. The van der Waals surface area contributed by atoms with Crippen LogP contribution < -0.4 is 15.3 Å². The van der Waals surface area contributed by atoms with Crippen molar-refractivity contribution in [3.63, 3.8) is 0 Å². The molecule has 0 aromatic carbocycles. The fourth-order valence-electron chi connectivity index (χ4n) is 3.23. The molecule has 24 heavy (non-hydrogen) atoms. The molecule has 0 amide bonds. The first-order valence-electron chi connectivity index (χ1n) is 7.78. The number of aliphatic hydroxyl groups excluding tert-OH is 1. The van der Waals surface area contributed by atoms with Gasteiger partial charge in [-0.15, -0.1) is 0 Å². The van der Waals surface area contributed by atoms with Crippen molar-refractivity contribution in [2.45, 2.75) is 6.92 Å². The van der Waals surface area contributed by atoms with Crippen molar-refractivity contribution in [3.8, 4) is 5.75 Å². The summed E-state index contributed by atoms with van der Waals surface area (Å²) in [7, 11) is 0. The predicted octanol–water partition coefficient (Wildman–Crippen LogP) is 2.81. The number of allylic oxidation sites excluding steroid dienone is 4. The van der Waals surface area contributed by atoms with Gasteiger partial charge in [-0.05, 0) is 42.0 Å². The van der Waals surface area contributed by atoms with E-state index in [0.717, 1.165) is 21.8 Å². The van der Waals surface area contributed by atoms with E-state index in [9.17, 15) is 5.11 Å². The molecule has 1 N–H and O–H groups in total. The topological polar surface area (TPSA) is 46.8 Å². The van der Waals surface area contributed by atoms with Crippen LogP contribution in [0.3, 0.4) is 0 Å². The first-order chi connectivity index (χ1) is 11.7. The molecule has 1 aliphatic carbocycles. The summed E-state index contributed by atoms with van der Waals surface area (Å²) in [4.78, 5) is 4.72. The van der Waals surface area contributed by atoms with Crippen LogP contribution in [0.25, 0.3) is 34.6 Å². The number of hydrogen-bond donors (Lipinski definition) is 1. The number of hydrogen-bond acceptors (Lipinski definition) is 3. The van der Waals surface area contributed by atoms with Gasteiger partial charge in [-0.3, -0.25) is 0 Å². The Kier molecular flexibility index (Phi) is 2.54. The summed E-state index contributed by atoms with van der Waals surface area (Å²) >= 11 is 0. The van der Waals surface area contributed by atoms with Crippen molar-refractivity contribution in [1.82, 2.24) is 9.38 Å². The Labute approximate surface area is 137 Å². The second-order valence-corrected chi connectivity index (χ2v) is 6.10. The van der Waals surface area contributed by atoms with Gasteiger partial charge in [0, 0.05) is 23.9 Å². The molecule has 4 heterocycles. The maximum atomic E-state index is 9.52. The van der Waals surface area contributed by atoms with E-state index in [4.69, 9.17) is 9.72 Å². The fraction of sp³-hybridized carbons (Fsp3) is 0.0500. The predicted molar refractivity (Wildman–Crippen MR) is 95.0 cm³/mol. The van der Waals surface area contributed by atoms with Gasteiger partial charge in [0.15, 0.2) is 5.75 Å². The number of ether oxygens (including phenoxy) is 1. The van der Waals surface area contributed by atoms with Crippen molar-refractivity contribution in [1.29, 1.82) is 0 Å². The minimum absolute atomic E-state index is 0.110. The zero-order valence-corrected chi connectivity index (χ0v) is 13.0. The van der Waals surface area contributed by atoms with Crippen LogP contribution >= 0.6 is 0 Å². The average molecular weight is 314 g/mol. The lowest BCUT2D eigenvalue weighted by Gasteiger charge is -2.07. The van der Waals surface area contributed by atoms with Crippen molar-refractivity contribution in [3.05, 3.63) is 70.4 Å². The molecule has 4 heteroatoms. The van der Waals surface area contributed by atoms with Crippen molar-refractivity contribution in [2.24, 2.45) is 0 Å². The van der Waals surface area contributed by atoms with Crippen LogP contribution in [0.2, 0.25) is 0 Å². The van der Waals surface area contributed by atoms with Gasteiger partial charge in [-0.2, -0.15) is 0 Å². The highest BCUT2D eigenvalue weighted by Crippen LogP contribution is 2.23. The number of fused-ring (bicyclic) bond motifs is 5. The quantitative estimate of drug-likeness (QED) is 0.694. The summed E-state index contributed by atoms with van der Waals surface area (Å²) in [6, 6.07) is 4.08. The largest absolute Gasteiger partial charge is 0.481 e. The summed E-state index contributed by atoms with van der Waals surface area (Å²) in [5.74, 6) is 0.464. The Morgan fingerprint density at radius 2 is 2.04 bits per heavy atom. The highest BCUT2D eigenvalue weighted by atomic mass is 16.6. The van der Waals surface area contributed by atoms with Gasteiger partial charge in [0.2, 0.25) is 0 Å². The van der Waals surface area contributed by atoms with Crippen molar-refractivity contribution >= 4 is 34.6 Å². The minimum Gasteiger partial charge on any atom is -0.481 e. The SMILES string of the molecule is CC1=Cc2cn3cc4cc5c(nc4c3cc2=CC=C1)=CC=C(O)O5. The molecule has 0 atom stereocenters. The number of aliphatic hydroxyl groups is 1. The molecule has 0 unspecified atom stereocenters. The van der Waals surface area contributed by atoms with Gasteiger partial charge in [-0.1, -0.05) is 23.8 Å². The first-order valence-corrected chi connectivity index (χ1v) is 7.78. The smallest absolute Gasteiger partial charge is 0.282 e. The van der Waals surface area contributed by atoms with E-state index >= 15 is 0 Å². The van der Waals surface area contributed by atoms with E-state index in [1.54, 1.807) is 6.08 Å². The standard InChI is InChI=1S/C20H14N2O2/c1-12-3-2-4-13-8-17-20-15(11-22(17)10-14(13)7-12)9-18-16(21-20)5-6-19(23)24-18/h2-11,23H,1H3. The zero-order valence-electron chi connectivity index (χ0n) is 13.0. The zero-order chi connectivity index (χ0) is 16.3. The molecule has 0 saturated heterocycles. The molecule has 0 bridgehead atoms. The van der Waals surface area contributed by atoms with Gasteiger partial charge in [0.05, 0.1) is 11.0 Å². The Bertz CT molecular complexity index is 1240. The van der Waals surface area contributed by atoms with E-state index in [-0.39, 0.29) is 5.95 Å². The first kappa shape index (κ1) is 13.2. The Balaban J connectivity index is 1.87. The van der Waals surface area contributed by atoms with E-state index in [0.29, 0.717) is 5.75 Å². The Morgan fingerprint density at radius 3 is 2.96 bits per heavy atom. The Morgan fingerprint density at radius 1 is 1.12 bits per heavy atom. The molecule has 116 valence electrons. The van der Waals surface area contributed by atoms with Gasteiger partial charge < -0.3 is 14.2 Å². The second kappa shape index (κ2) is 4.61. The third-order valence-electron chi connectivity index (χ3n) is 4.36. The van der Waals surface area contributed by atoms with Crippen LogP contribution in [0, 0.1) is 0 Å². The summed E-state index contributed by atoms with van der Waals surface area (Å²) in [6.45, 7) is 2.10. The van der Waals surface area contributed by atoms with Crippen molar-refractivity contribution in [2.75, 3.05) is 0 Å². The van der Waals surface area contributed by atoms with Crippen LogP contribution in [-0.4, -0.2) is 14.5 Å². The van der Waals surface area contributed by atoms with Gasteiger partial charge in [0.1, 0.15) is 5.35 Å². The third kappa shape index (κ3) is 1.90. The maximum absolute atomic E-state index is 9.52. The fourth-order valence-corrected chi connectivity index (χ4v) is 3.23. The third-order valence-corrected chi connectivity index (χ3v) is 4.36. The molecule has 0 spiro atoms. The Hall–Kier alpha value is -3.27. The lowest BCUT2D eigenvalue weighted by atomic mass is 10.1. The van der Waals surface area contributed by atoms with Gasteiger partial charge >= 0.3 is 0 Å². The molecule has 3 aromatic heterocycles. The van der Waals surface area contributed by atoms with E-state index in [1.807, 2.05) is 12.3 Å². The lowest BCUT2D eigenvalue weighted by molar-refractivity contribution is 0.206. The normalized spacial score (nSPS) is 15.5. The van der Waals surface area contributed by atoms with Crippen LogP contribution in [0.15, 0.2) is 54.3 Å². The summed E-state index contributed by atoms with van der Waals surface area (Å²) in [5, 5.41) is 12.4. The molecule has 4 nitrogen and oxygen atoms in total. The van der Waals surface area contributed by atoms with Crippen LogP contribution in [0.4, 0.5) is 0 Å². The molecule has 5 rings (SSSR count). The summed E-state index contributed by atoms with van der Waals surface area (Å²) in [6.07, 6.45) is 15.9. The summed E-state index contributed by atoms with van der Waals surface area (Å²) in [5.41, 5.74) is 4.38. The number of aromatic nitrogens is 2. The molecule has 3 aromatic rings. The van der Waals surface area contributed by atoms with Gasteiger partial charge in [-0.25, -0.2) is 4.98 Å². The average Bonchev–Trinajstić information content (AvgIpc) is 2.77. The number of pyridine rings is 2. The van der Waals surface area contributed by atoms with Crippen molar-refractivity contribution < 1.29 is 9.84 Å². The highest BCUT2D eigenvalue weighted by Gasteiger charge is 2.12. The molecule has 2 aliphatic rings. The lowest BCUT2D eigenvalue weighted by Crippen LogP contribution is -2.15. The van der Waals surface area contributed by atoms with E-state index in [1.165, 1.54) is 22.4 Å². The molecule has 1 aliphatic heterocycles. The number of rotatable bonds is 0. The monoisotopic (exact) mass is 314 g/mol. The van der Waals surface area contributed by atoms with Crippen LogP contribution in [0.5, 0.6) is 5.75 Å².